The van der Waals surface area contributed by atoms with Gasteiger partial charge in [-0.3, -0.25) is 20.4 Å². The molecule has 2 aliphatic heterocycles. The minimum Gasteiger partial charge on any atom is -0.376 e. The van der Waals surface area contributed by atoms with Crippen LogP contribution in [0.15, 0.2) is 63.9 Å². The van der Waals surface area contributed by atoms with Crippen molar-refractivity contribution in [1.29, 1.82) is 0 Å². The first-order valence-electron chi connectivity index (χ1n) is 12.8. The van der Waals surface area contributed by atoms with E-state index in [1.807, 2.05) is 12.2 Å². The third-order valence-electron chi connectivity index (χ3n) is 6.76. The highest BCUT2D eigenvalue weighted by Crippen LogP contribution is 2.32. The summed E-state index contributed by atoms with van der Waals surface area (Å²) in [5.74, 6) is 0. The van der Waals surface area contributed by atoms with E-state index < -0.39 is 6.17 Å². The molecule has 190 valence electrons. The van der Waals surface area contributed by atoms with Crippen LogP contribution in [-0.4, -0.2) is 46.5 Å². The molecule has 6 nitrogen and oxygen atoms in total. The number of aromatic amines is 1. The lowest BCUT2D eigenvalue weighted by Crippen LogP contribution is -2.37. The summed E-state index contributed by atoms with van der Waals surface area (Å²) in [5, 5.41) is 14.3. The van der Waals surface area contributed by atoms with E-state index in [0.717, 1.165) is 35.5 Å². The third kappa shape index (κ3) is 7.10. The molecule has 0 aromatic carbocycles. The number of hydrogen-bond acceptors (Lipinski definition) is 5. The third-order valence-corrected chi connectivity index (χ3v) is 6.76. The summed E-state index contributed by atoms with van der Waals surface area (Å²) in [7, 11) is 0. The van der Waals surface area contributed by atoms with E-state index in [4.69, 9.17) is 4.99 Å². The van der Waals surface area contributed by atoms with Crippen molar-refractivity contribution >= 4 is 11.4 Å². The number of aromatic nitrogens is 2. The maximum atomic E-state index is 13.9. The summed E-state index contributed by atoms with van der Waals surface area (Å²) in [6.07, 6.45) is 13.6. The summed E-state index contributed by atoms with van der Waals surface area (Å²) < 4.78 is 13.9. The monoisotopic (exact) mass is 480 g/mol. The SMILES string of the molecule is C=C1C=CC(c2cn[nH]c2C2CCC(F)C(C)=N2)=NC1CC(=C\C)/C(C)=C/NC(C)NCCCC. The fraction of sp³-hybridized carbons (Fsp3) is 0.536. The zero-order valence-electron chi connectivity index (χ0n) is 21.9. The van der Waals surface area contributed by atoms with E-state index in [1.54, 1.807) is 13.1 Å². The van der Waals surface area contributed by atoms with Gasteiger partial charge in [0.25, 0.3) is 0 Å². The number of rotatable bonds is 11. The van der Waals surface area contributed by atoms with Crippen LogP contribution in [0.2, 0.25) is 0 Å². The van der Waals surface area contributed by atoms with Crippen LogP contribution in [0.4, 0.5) is 4.39 Å². The number of hydrogen-bond donors (Lipinski definition) is 3. The summed E-state index contributed by atoms with van der Waals surface area (Å²) in [6.45, 7) is 15.5. The lowest BCUT2D eigenvalue weighted by Gasteiger charge is -2.23. The number of nitrogens with one attached hydrogen (secondary N) is 3. The second-order valence-corrected chi connectivity index (χ2v) is 9.51. The van der Waals surface area contributed by atoms with Crippen LogP contribution in [0.1, 0.15) is 84.0 Å². The second kappa shape index (κ2) is 12.8. The Balaban J connectivity index is 1.73. The largest absolute Gasteiger partial charge is 0.376 e. The maximum absolute atomic E-state index is 13.9. The van der Waals surface area contributed by atoms with Crippen molar-refractivity contribution in [2.24, 2.45) is 9.98 Å². The molecule has 3 heterocycles. The van der Waals surface area contributed by atoms with Crippen LogP contribution in [0.5, 0.6) is 0 Å². The molecule has 0 saturated carbocycles. The minimum absolute atomic E-state index is 0.0563. The Morgan fingerprint density at radius 2 is 2.11 bits per heavy atom. The first-order valence-corrected chi connectivity index (χ1v) is 12.8. The Morgan fingerprint density at radius 3 is 2.83 bits per heavy atom. The second-order valence-electron chi connectivity index (χ2n) is 9.51. The molecule has 4 atom stereocenters. The molecule has 0 spiro atoms. The molecule has 3 N–H and O–H groups in total. The Bertz CT molecular complexity index is 1030. The van der Waals surface area contributed by atoms with Gasteiger partial charge in [0.15, 0.2) is 0 Å². The molecular weight excluding hydrogens is 439 g/mol. The molecule has 0 fully saturated rings. The predicted octanol–water partition coefficient (Wildman–Crippen LogP) is 5.89. The molecule has 2 aliphatic rings. The van der Waals surface area contributed by atoms with Crippen LogP contribution in [0.25, 0.3) is 0 Å². The predicted molar refractivity (Wildman–Crippen MR) is 145 cm³/mol. The normalized spacial score (nSPS) is 24.3. The van der Waals surface area contributed by atoms with E-state index >= 15 is 0 Å². The summed E-state index contributed by atoms with van der Waals surface area (Å²) >= 11 is 0. The molecule has 0 saturated heterocycles. The number of aliphatic imine (C=N–C) groups is 2. The van der Waals surface area contributed by atoms with Gasteiger partial charge in [-0.25, -0.2) is 4.39 Å². The molecule has 3 rings (SSSR count). The van der Waals surface area contributed by atoms with Crippen molar-refractivity contribution in [3.8, 4) is 0 Å². The minimum atomic E-state index is -0.947. The maximum Gasteiger partial charge on any atom is 0.137 e. The molecule has 4 unspecified atom stereocenters. The first-order chi connectivity index (χ1) is 16.8. The molecular formula is C28H41FN6. The zero-order chi connectivity index (χ0) is 25.4. The van der Waals surface area contributed by atoms with Gasteiger partial charge < -0.3 is 5.32 Å². The van der Waals surface area contributed by atoms with Gasteiger partial charge in [-0.05, 0) is 82.7 Å². The summed E-state index contributed by atoms with van der Waals surface area (Å²) in [6, 6.07) is -0.173. The molecule has 1 aromatic heterocycles. The lowest BCUT2D eigenvalue weighted by atomic mass is 9.92. The number of H-pyrrole nitrogens is 1. The van der Waals surface area contributed by atoms with Crippen molar-refractivity contribution in [2.45, 2.75) is 91.1 Å². The Hall–Kier alpha value is -2.80. The van der Waals surface area contributed by atoms with E-state index in [0.29, 0.717) is 18.6 Å². The molecule has 1 aromatic rings. The van der Waals surface area contributed by atoms with Gasteiger partial charge in [0.1, 0.15) is 6.17 Å². The number of unbranched alkanes of at least 4 members (excludes halogenated alkanes) is 1. The zero-order valence-corrected chi connectivity index (χ0v) is 21.9. The van der Waals surface area contributed by atoms with Crippen molar-refractivity contribution in [2.75, 3.05) is 6.54 Å². The highest BCUT2D eigenvalue weighted by molar-refractivity contribution is 6.10. The van der Waals surface area contributed by atoms with Crippen molar-refractivity contribution < 1.29 is 4.39 Å². The highest BCUT2D eigenvalue weighted by atomic mass is 19.1. The molecule has 7 heteroatoms. The molecule has 0 bridgehead atoms. The van der Waals surface area contributed by atoms with Crippen LogP contribution < -0.4 is 10.6 Å². The molecule has 0 aliphatic carbocycles. The number of nitrogens with zero attached hydrogens (tertiary/aromatic N) is 3. The number of alkyl halides is 1. The summed E-state index contributed by atoms with van der Waals surface area (Å²) in [5.41, 5.74) is 6.66. The fourth-order valence-electron chi connectivity index (χ4n) is 4.41. The highest BCUT2D eigenvalue weighted by Gasteiger charge is 2.27. The van der Waals surface area contributed by atoms with Crippen molar-refractivity contribution in [3.63, 3.8) is 0 Å². The van der Waals surface area contributed by atoms with Gasteiger partial charge in [-0.15, -0.1) is 0 Å². The lowest BCUT2D eigenvalue weighted by molar-refractivity contribution is 0.360. The van der Waals surface area contributed by atoms with Gasteiger partial charge in [0.2, 0.25) is 0 Å². The van der Waals surface area contributed by atoms with E-state index in [-0.39, 0.29) is 18.2 Å². The Morgan fingerprint density at radius 1 is 1.31 bits per heavy atom. The van der Waals surface area contributed by atoms with Gasteiger partial charge >= 0.3 is 0 Å². The number of halogens is 1. The standard InChI is InChI=1S/C28H41FN6/c1-7-9-14-30-21(6)31-16-19(4)22(8-2)15-27-18(3)10-12-25(34-27)23-17-32-35-28(23)26-13-11-24(29)20(5)33-26/h8,10,12,16-17,21,24,26-27,30-31H,3,7,9,11,13-15H2,1-2,4-6H3,(H,32,35)/b19-16+,22-8+. The van der Waals surface area contributed by atoms with Crippen LogP contribution in [0, 0.1) is 0 Å². The Kier molecular flexibility index (Phi) is 9.78. The number of allylic oxidation sites excluding steroid dienone is 3. The smallest absolute Gasteiger partial charge is 0.137 e. The van der Waals surface area contributed by atoms with Crippen molar-refractivity contribution in [1.82, 2.24) is 20.8 Å². The van der Waals surface area contributed by atoms with Crippen LogP contribution in [-0.2, 0) is 0 Å². The number of dihydropyridines is 1. The van der Waals surface area contributed by atoms with E-state index in [2.05, 4.69) is 72.4 Å². The average molecular weight is 481 g/mol. The quantitative estimate of drug-likeness (QED) is 0.210. The van der Waals surface area contributed by atoms with Crippen LogP contribution >= 0.6 is 0 Å². The molecule has 0 amide bonds. The van der Waals surface area contributed by atoms with Crippen LogP contribution in [0.3, 0.4) is 0 Å². The first kappa shape index (κ1) is 26.8. The Labute approximate surface area is 209 Å². The summed E-state index contributed by atoms with van der Waals surface area (Å²) in [4.78, 5) is 9.64. The van der Waals surface area contributed by atoms with Crippen molar-refractivity contribution in [3.05, 3.63) is 65.2 Å². The molecule has 35 heavy (non-hydrogen) atoms. The van der Waals surface area contributed by atoms with E-state index in [9.17, 15) is 4.39 Å². The van der Waals surface area contributed by atoms with Gasteiger partial charge in [-0.1, -0.05) is 32.1 Å². The average Bonchev–Trinajstić information content (AvgIpc) is 3.34. The molecule has 0 radical (unpaired) electrons. The van der Waals surface area contributed by atoms with Gasteiger partial charge in [0, 0.05) is 17.5 Å². The van der Waals surface area contributed by atoms with Gasteiger partial charge in [0.05, 0.1) is 35.9 Å². The topological polar surface area (TPSA) is 77.5 Å². The van der Waals surface area contributed by atoms with Gasteiger partial charge in [-0.2, -0.15) is 5.10 Å². The fourth-order valence-corrected chi connectivity index (χ4v) is 4.41. The van der Waals surface area contributed by atoms with E-state index in [1.165, 1.54) is 24.0 Å².